The van der Waals surface area contributed by atoms with Crippen molar-refractivity contribution in [3.63, 3.8) is 0 Å². The maximum absolute atomic E-state index is 12.4. The molecule has 0 radical (unpaired) electrons. The summed E-state index contributed by atoms with van der Waals surface area (Å²) in [7, 11) is 0. The fourth-order valence-corrected chi connectivity index (χ4v) is 4.00. The summed E-state index contributed by atoms with van der Waals surface area (Å²) in [6, 6.07) is 11.4. The van der Waals surface area contributed by atoms with Crippen molar-refractivity contribution in [3.05, 3.63) is 65.7 Å². The molecule has 0 spiro atoms. The molecule has 4 aromatic rings. The number of rotatable bonds is 10. The molecule has 176 valence electrons. The summed E-state index contributed by atoms with van der Waals surface area (Å²) in [4.78, 5) is 28.8. The van der Waals surface area contributed by atoms with Gasteiger partial charge >= 0.3 is 0 Å². The van der Waals surface area contributed by atoms with Gasteiger partial charge in [-0.25, -0.2) is 15.0 Å². The van der Waals surface area contributed by atoms with Crippen LogP contribution in [0.1, 0.15) is 43.1 Å². The lowest BCUT2D eigenvalue weighted by atomic mass is 10.1. The lowest BCUT2D eigenvalue weighted by Gasteiger charge is -2.19. The van der Waals surface area contributed by atoms with E-state index in [9.17, 15) is 4.79 Å². The molecule has 3 heterocycles. The van der Waals surface area contributed by atoms with Gasteiger partial charge < -0.3 is 21.4 Å². The third-order valence-corrected chi connectivity index (χ3v) is 5.90. The van der Waals surface area contributed by atoms with Crippen molar-refractivity contribution in [2.24, 2.45) is 0 Å². The van der Waals surface area contributed by atoms with Crippen LogP contribution in [0, 0.1) is 0 Å². The van der Waals surface area contributed by atoms with Crippen molar-refractivity contribution >= 4 is 40.0 Å². The van der Waals surface area contributed by atoms with Gasteiger partial charge in [0.25, 0.3) is 5.91 Å². The van der Waals surface area contributed by atoms with E-state index in [4.69, 9.17) is 22.3 Å². The molecule has 0 aliphatic carbocycles. The van der Waals surface area contributed by atoms with Crippen LogP contribution >= 0.6 is 11.6 Å². The van der Waals surface area contributed by atoms with Crippen LogP contribution in [0.25, 0.3) is 22.2 Å². The second kappa shape index (κ2) is 11.0. The van der Waals surface area contributed by atoms with Crippen molar-refractivity contribution in [2.45, 2.75) is 38.6 Å². The Bertz CT molecular complexity index is 1260. The number of pyridine rings is 1. The highest BCUT2D eigenvalue weighted by atomic mass is 35.5. The number of para-hydroxylation sites is 1. The molecule has 5 N–H and O–H groups in total. The summed E-state index contributed by atoms with van der Waals surface area (Å²) in [5.74, 6) is 0.288. The van der Waals surface area contributed by atoms with Gasteiger partial charge in [-0.1, -0.05) is 49.6 Å². The summed E-state index contributed by atoms with van der Waals surface area (Å²) in [5.41, 5.74) is 9.13. The first-order valence-electron chi connectivity index (χ1n) is 11.4. The monoisotopic (exact) mass is 477 g/mol. The fraction of sp³-hybridized carbons (Fsp3) is 0.280. The Labute approximate surface area is 203 Å². The number of aromatic amines is 1. The summed E-state index contributed by atoms with van der Waals surface area (Å²) in [5, 5.41) is 7.90. The van der Waals surface area contributed by atoms with Crippen LogP contribution < -0.4 is 16.4 Å². The Balaban J connectivity index is 1.45. The molecule has 0 aliphatic rings. The molecule has 3 aromatic heterocycles. The van der Waals surface area contributed by atoms with Gasteiger partial charge in [0.1, 0.15) is 5.69 Å². The summed E-state index contributed by atoms with van der Waals surface area (Å²) in [6.45, 7) is 2.65. The first-order chi connectivity index (χ1) is 16.5. The van der Waals surface area contributed by atoms with Crippen molar-refractivity contribution in [3.8, 4) is 11.3 Å². The number of amides is 1. The zero-order valence-electron chi connectivity index (χ0n) is 19.0. The number of anilines is 2. The van der Waals surface area contributed by atoms with E-state index in [1.807, 2.05) is 30.5 Å². The second-order valence-corrected chi connectivity index (χ2v) is 8.55. The zero-order valence-corrected chi connectivity index (χ0v) is 19.8. The lowest BCUT2D eigenvalue weighted by Crippen LogP contribution is -2.31. The van der Waals surface area contributed by atoms with Gasteiger partial charge in [0.15, 0.2) is 0 Å². The molecule has 0 bridgehead atoms. The minimum Gasteiger partial charge on any atom is -0.397 e. The standard InChI is InChI=1S/C25H28ClN7O/c1-2-3-6-17(11-12-28-24(34)22-10-9-16(27)13-29-22)32-25-31-15-20(26)23(33-25)19-14-30-21-8-5-4-7-18(19)21/h4-5,7-10,13-15,17,30H,2-3,6,11-12,27H2,1H3,(H,28,34)(H,31,32,33)/t17-/m1/s1. The number of unbranched alkanes of at least 4 members (excludes halogenated alkanes) is 1. The Morgan fingerprint density at radius 2 is 2.00 bits per heavy atom. The highest BCUT2D eigenvalue weighted by molar-refractivity contribution is 6.33. The zero-order chi connectivity index (χ0) is 23.9. The predicted octanol–water partition coefficient (Wildman–Crippen LogP) is 5.05. The average Bonchev–Trinajstić information content (AvgIpc) is 3.28. The molecule has 34 heavy (non-hydrogen) atoms. The van der Waals surface area contributed by atoms with Crippen LogP contribution in [-0.4, -0.2) is 38.4 Å². The molecular weight excluding hydrogens is 450 g/mol. The Kier molecular flexibility index (Phi) is 7.59. The molecule has 1 atom stereocenters. The van der Waals surface area contributed by atoms with E-state index >= 15 is 0 Å². The number of benzene rings is 1. The Hall–Kier alpha value is -3.65. The second-order valence-electron chi connectivity index (χ2n) is 8.14. The third-order valence-electron chi connectivity index (χ3n) is 5.63. The first kappa shape index (κ1) is 23.5. The Morgan fingerprint density at radius 1 is 1.15 bits per heavy atom. The highest BCUT2D eigenvalue weighted by Gasteiger charge is 2.16. The number of nitrogens with zero attached hydrogens (tertiary/aromatic N) is 3. The molecule has 0 fully saturated rings. The van der Waals surface area contributed by atoms with E-state index in [1.54, 1.807) is 18.3 Å². The molecular formula is C25H28ClN7O. The van der Waals surface area contributed by atoms with Gasteiger partial charge in [0.2, 0.25) is 5.95 Å². The number of nitrogens with one attached hydrogen (secondary N) is 3. The highest BCUT2D eigenvalue weighted by Crippen LogP contribution is 2.32. The first-order valence-corrected chi connectivity index (χ1v) is 11.8. The van der Waals surface area contributed by atoms with E-state index in [0.29, 0.717) is 34.6 Å². The summed E-state index contributed by atoms with van der Waals surface area (Å²) in [6.07, 6.45) is 8.78. The molecule has 8 nitrogen and oxygen atoms in total. The van der Waals surface area contributed by atoms with Crippen LogP contribution in [-0.2, 0) is 0 Å². The largest absolute Gasteiger partial charge is 0.397 e. The van der Waals surface area contributed by atoms with Crippen LogP contribution in [0.3, 0.4) is 0 Å². The minimum absolute atomic E-state index is 0.0941. The number of halogens is 1. The van der Waals surface area contributed by atoms with Gasteiger partial charge in [-0.2, -0.15) is 0 Å². The number of fused-ring (bicyclic) bond motifs is 1. The molecule has 0 saturated carbocycles. The number of hydrogen-bond donors (Lipinski definition) is 4. The summed E-state index contributed by atoms with van der Waals surface area (Å²) < 4.78 is 0. The van der Waals surface area contributed by atoms with Crippen molar-refractivity contribution < 1.29 is 4.79 Å². The minimum atomic E-state index is -0.224. The predicted molar refractivity (Wildman–Crippen MR) is 137 cm³/mol. The topological polar surface area (TPSA) is 122 Å². The molecule has 9 heteroatoms. The molecule has 1 aromatic carbocycles. The Morgan fingerprint density at radius 3 is 2.79 bits per heavy atom. The summed E-state index contributed by atoms with van der Waals surface area (Å²) >= 11 is 6.47. The van der Waals surface area contributed by atoms with Crippen LogP contribution in [0.2, 0.25) is 5.02 Å². The van der Waals surface area contributed by atoms with Crippen LogP contribution in [0.15, 0.2) is 55.0 Å². The normalized spacial score (nSPS) is 11.9. The van der Waals surface area contributed by atoms with Crippen molar-refractivity contribution in [1.82, 2.24) is 25.3 Å². The SMILES string of the molecule is CCCC[C@H](CCNC(=O)c1ccc(N)cn1)Nc1ncc(Cl)c(-c2c[nH]c3ccccc23)n1. The van der Waals surface area contributed by atoms with Crippen molar-refractivity contribution in [2.75, 3.05) is 17.6 Å². The molecule has 1 amide bonds. The van der Waals surface area contributed by atoms with E-state index in [1.165, 1.54) is 6.20 Å². The van der Waals surface area contributed by atoms with Gasteiger partial charge in [0.05, 0.1) is 28.8 Å². The number of nitrogens with two attached hydrogens (primary N) is 1. The molecule has 0 saturated heterocycles. The number of H-pyrrole nitrogens is 1. The fourth-order valence-electron chi connectivity index (χ4n) is 3.80. The van der Waals surface area contributed by atoms with E-state index in [-0.39, 0.29) is 11.9 Å². The van der Waals surface area contributed by atoms with Gasteiger partial charge in [-0.05, 0) is 31.0 Å². The number of aromatic nitrogens is 4. The van der Waals surface area contributed by atoms with E-state index in [0.717, 1.165) is 42.1 Å². The number of hydrogen-bond acceptors (Lipinski definition) is 6. The molecule has 4 rings (SSSR count). The maximum atomic E-state index is 12.4. The number of carbonyl (C=O) groups is 1. The quantitative estimate of drug-likeness (QED) is 0.253. The lowest BCUT2D eigenvalue weighted by molar-refractivity contribution is 0.0947. The number of nitrogen functional groups attached to an aromatic ring is 1. The van der Waals surface area contributed by atoms with Crippen LogP contribution in [0.5, 0.6) is 0 Å². The molecule has 0 unspecified atom stereocenters. The third kappa shape index (κ3) is 5.63. The number of carbonyl (C=O) groups excluding carboxylic acids is 1. The average molecular weight is 478 g/mol. The van der Waals surface area contributed by atoms with E-state index in [2.05, 4.69) is 32.5 Å². The molecule has 0 aliphatic heterocycles. The van der Waals surface area contributed by atoms with Gasteiger partial charge in [0, 0.05) is 35.2 Å². The van der Waals surface area contributed by atoms with Gasteiger partial charge in [-0.3, -0.25) is 4.79 Å². The van der Waals surface area contributed by atoms with Crippen LogP contribution in [0.4, 0.5) is 11.6 Å². The maximum Gasteiger partial charge on any atom is 0.269 e. The van der Waals surface area contributed by atoms with Crippen molar-refractivity contribution in [1.29, 1.82) is 0 Å². The van der Waals surface area contributed by atoms with Gasteiger partial charge in [-0.15, -0.1) is 0 Å². The van der Waals surface area contributed by atoms with E-state index < -0.39 is 0 Å². The smallest absolute Gasteiger partial charge is 0.269 e.